The highest BCUT2D eigenvalue weighted by atomic mass is 16.5. The summed E-state index contributed by atoms with van der Waals surface area (Å²) in [6.07, 6.45) is 5.05. The van der Waals surface area contributed by atoms with E-state index in [1.807, 2.05) is 0 Å². The number of hydrogen-bond acceptors (Lipinski definition) is 5. The average Bonchev–Trinajstić information content (AvgIpc) is 3.17. The fraction of sp³-hybridized carbons (Fsp3) is 0.400. The Kier molecular flexibility index (Phi) is 7.95. The zero-order valence-electron chi connectivity index (χ0n) is 18.5. The van der Waals surface area contributed by atoms with E-state index in [9.17, 15) is 0 Å². The Hall–Kier alpha value is -2.99. The number of aryl methyl sites for hydroxylation is 1. The maximum Gasteiger partial charge on any atom is 0.290 e. The molecule has 1 fully saturated rings. The molecule has 2 N–H and O–H groups in total. The Labute approximate surface area is 183 Å². The Morgan fingerprint density at radius 3 is 2.42 bits per heavy atom. The molecule has 3 aromatic rings. The predicted octanol–water partition coefficient (Wildman–Crippen LogP) is 5.25. The van der Waals surface area contributed by atoms with Gasteiger partial charge in [0.2, 0.25) is 5.82 Å². The molecule has 0 bridgehead atoms. The van der Waals surface area contributed by atoms with Crippen LogP contribution in [0.4, 0.5) is 0 Å². The van der Waals surface area contributed by atoms with Crippen LogP contribution in [0.15, 0.2) is 47.0 Å². The summed E-state index contributed by atoms with van der Waals surface area (Å²) in [6, 6.07) is 15.6. The van der Waals surface area contributed by atoms with Crippen molar-refractivity contribution in [2.24, 2.45) is 5.92 Å². The van der Waals surface area contributed by atoms with Gasteiger partial charge in [-0.25, -0.2) is 0 Å². The minimum absolute atomic E-state index is 0.250. The van der Waals surface area contributed by atoms with E-state index in [0.29, 0.717) is 23.7 Å². The predicted molar refractivity (Wildman–Crippen MR) is 122 cm³/mol. The quantitative estimate of drug-likeness (QED) is 0.506. The van der Waals surface area contributed by atoms with Gasteiger partial charge >= 0.3 is 0 Å². The normalized spacial score (nSPS) is 13.4. The van der Waals surface area contributed by atoms with Crippen LogP contribution in [0.3, 0.4) is 0 Å². The topological polar surface area (TPSA) is 88.3 Å². The molecule has 1 heterocycles. The van der Waals surface area contributed by atoms with E-state index in [0.717, 1.165) is 24.1 Å². The summed E-state index contributed by atoms with van der Waals surface area (Å²) in [5, 5.41) is 14.7. The first-order valence-corrected chi connectivity index (χ1v) is 10.8. The molecule has 0 atom stereocenters. The minimum atomic E-state index is -0.250. The fourth-order valence-corrected chi connectivity index (χ4v) is 3.67. The van der Waals surface area contributed by atoms with Gasteiger partial charge in [-0.1, -0.05) is 55.8 Å². The largest absolute Gasteiger partial charge is 0.483 e. The molecule has 1 aromatic heterocycles. The van der Waals surface area contributed by atoms with E-state index in [-0.39, 0.29) is 6.47 Å². The molecule has 2 aromatic carbocycles. The van der Waals surface area contributed by atoms with Crippen molar-refractivity contribution in [3.8, 4) is 22.8 Å². The van der Waals surface area contributed by atoms with E-state index in [2.05, 4.69) is 78.7 Å². The highest BCUT2D eigenvalue weighted by Gasteiger charge is 2.17. The zero-order valence-corrected chi connectivity index (χ0v) is 18.5. The highest BCUT2D eigenvalue weighted by molar-refractivity contribution is 5.63. The Morgan fingerprint density at radius 1 is 1.16 bits per heavy atom. The van der Waals surface area contributed by atoms with Gasteiger partial charge < -0.3 is 14.9 Å². The van der Waals surface area contributed by atoms with Crippen LogP contribution in [-0.2, 0) is 17.8 Å². The lowest BCUT2D eigenvalue weighted by molar-refractivity contribution is -0.122. The standard InChI is InChI=1S/C24H29N3O.CH2O2/c1-16(2)13-18-7-10-20(11-8-18)24-26-23(27-28-24)22-12-9-19(14-17(22)3)15-25-21-5-4-6-21;2-1-3/h7-12,14,16,21,25H,4-6,13,15H2,1-3H3;1H,(H,2,3). The van der Waals surface area contributed by atoms with Crippen LogP contribution in [-0.4, -0.2) is 27.8 Å². The number of nitrogens with zero attached hydrogens (tertiary/aromatic N) is 2. The van der Waals surface area contributed by atoms with Crippen molar-refractivity contribution in [2.45, 2.75) is 59.0 Å². The van der Waals surface area contributed by atoms with Crippen molar-refractivity contribution < 1.29 is 14.4 Å². The number of carbonyl (C=O) groups is 1. The monoisotopic (exact) mass is 421 g/mol. The van der Waals surface area contributed by atoms with Gasteiger partial charge in [-0.05, 0) is 60.9 Å². The van der Waals surface area contributed by atoms with Crippen LogP contribution in [0.25, 0.3) is 22.8 Å². The van der Waals surface area contributed by atoms with Crippen LogP contribution >= 0.6 is 0 Å². The SMILES string of the molecule is Cc1cc(CNC2CCC2)ccc1-c1noc(-c2ccc(CC(C)C)cc2)n1.O=CO. The summed E-state index contributed by atoms with van der Waals surface area (Å²) in [4.78, 5) is 13.0. The second-order valence-electron chi connectivity index (χ2n) is 8.48. The molecule has 1 saturated carbocycles. The molecule has 0 spiro atoms. The molecule has 0 aliphatic heterocycles. The molecule has 4 rings (SSSR count). The Balaban J connectivity index is 0.000000858. The van der Waals surface area contributed by atoms with Crippen LogP contribution < -0.4 is 5.32 Å². The van der Waals surface area contributed by atoms with Crippen molar-refractivity contribution >= 4 is 6.47 Å². The maximum atomic E-state index is 8.36. The Bertz CT molecular complexity index is 976. The number of rotatable bonds is 7. The Morgan fingerprint density at radius 2 is 1.84 bits per heavy atom. The van der Waals surface area contributed by atoms with Crippen LogP contribution in [0, 0.1) is 12.8 Å². The molecular weight excluding hydrogens is 390 g/mol. The molecule has 0 unspecified atom stereocenters. The van der Waals surface area contributed by atoms with Crippen molar-refractivity contribution in [1.29, 1.82) is 0 Å². The summed E-state index contributed by atoms with van der Waals surface area (Å²) in [7, 11) is 0. The van der Waals surface area contributed by atoms with E-state index in [4.69, 9.17) is 14.4 Å². The van der Waals surface area contributed by atoms with Gasteiger partial charge in [0.25, 0.3) is 12.4 Å². The lowest BCUT2D eigenvalue weighted by Gasteiger charge is -2.26. The van der Waals surface area contributed by atoms with Crippen molar-refractivity contribution in [3.05, 3.63) is 59.2 Å². The third-order valence-corrected chi connectivity index (χ3v) is 5.50. The highest BCUT2D eigenvalue weighted by Crippen LogP contribution is 2.26. The molecule has 31 heavy (non-hydrogen) atoms. The summed E-state index contributed by atoms with van der Waals surface area (Å²) >= 11 is 0. The van der Waals surface area contributed by atoms with Crippen LogP contribution in [0.1, 0.15) is 49.8 Å². The lowest BCUT2D eigenvalue weighted by Crippen LogP contribution is -2.34. The maximum absolute atomic E-state index is 8.36. The first kappa shape index (κ1) is 22.7. The van der Waals surface area contributed by atoms with E-state index in [1.54, 1.807) is 0 Å². The average molecular weight is 422 g/mol. The number of nitrogens with one attached hydrogen (secondary N) is 1. The van der Waals surface area contributed by atoms with Gasteiger partial charge in [0.1, 0.15) is 0 Å². The van der Waals surface area contributed by atoms with Crippen molar-refractivity contribution in [2.75, 3.05) is 0 Å². The molecule has 164 valence electrons. The zero-order chi connectivity index (χ0) is 22.2. The summed E-state index contributed by atoms with van der Waals surface area (Å²) in [5.74, 6) is 1.87. The first-order chi connectivity index (χ1) is 15.0. The van der Waals surface area contributed by atoms with Crippen LogP contribution in [0.5, 0.6) is 0 Å². The minimum Gasteiger partial charge on any atom is -0.483 e. The van der Waals surface area contributed by atoms with Gasteiger partial charge in [-0.2, -0.15) is 4.98 Å². The summed E-state index contributed by atoms with van der Waals surface area (Å²) in [6.45, 7) is 7.25. The molecule has 6 nitrogen and oxygen atoms in total. The van der Waals surface area contributed by atoms with Gasteiger partial charge in [0.05, 0.1) is 0 Å². The third-order valence-electron chi connectivity index (χ3n) is 5.50. The molecule has 0 saturated heterocycles. The molecular formula is C25H31N3O3. The summed E-state index contributed by atoms with van der Waals surface area (Å²) in [5.41, 5.74) is 5.80. The van der Waals surface area contributed by atoms with Crippen LogP contribution in [0.2, 0.25) is 0 Å². The first-order valence-electron chi connectivity index (χ1n) is 10.8. The molecule has 6 heteroatoms. The number of carboxylic acid groups (broad SMARTS) is 1. The van der Waals surface area contributed by atoms with E-state index < -0.39 is 0 Å². The number of hydrogen-bond donors (Lipinski definition) is 2. The van der Waals surface area contributed by atoms with E-state index in [1.165, 1.54) is 36.0 Å². The second kappa shape index (κ2) is 10.9. The van der Waals surface area contributed by atoms with Crippen molar-refractivity contribution in [1.82, 2.24) is 15.5 Å². The van der Waals surface area contributed by atoms with Gasteiger partial charge in [0.15, 0.2) is 0 Å². The number of benzene rings is 2. The lowest BCUT2D eigenvalue weighted by atomic mass is 9.93. The smallest absolute Gasteiger partial charge is 0.290 e. The fourth-order valence-electron chi connectivity index (χ4n) is 3.67. The van der Waals surface area contributed by atoms with Gasteiger partial charge in [0, 0.05) is 23.7 Å². The second-order valence-corrected chi connectivity index (χ2v) is 8.48. The molecule has 0 amide bonds. The molecule has 1 aliphatic rings. The number of aromatic nitrogens is 2. The third kappa shape index (κ3) is 6.25. The van der Waals surface area contributed by atoms with E-state index >= 15 is 0 Å². The molecule has 0 radical (unpaired) electrons. The van der Waals surface area contributed by atoms with Gasteiger partial charge in [-0.3, -0.25) is 4.79 Å². The van der Waals surface area contributed by atoms with Gasteiger partial charge in [-0.15, -0.1) is 0 Å². The van der Waals surface area contributed by atoms with Crippen molar-refractivity contribution in [3.63, 3.8) is 0 Å². The summed E-state index contributed by atoms with van der Waals surface area (Å²) < 4.78 is 5.54. The molecule has 1 aliphatic carbocycles.